The maximum absolute atomic E-state index is 15.0. The van der Waals surface area contributed by atoms with Gasteiger partial charge in [0.15, 0.2) is 23.8 Å². The third-order valence-electron chi connectivity index (χ3n) is 7.20. The first kappa shape index (κ1) is 24.1. The van der Waals surface area contributed by atoms with Gasteiger partial charge in [-0.1, -0.05) is 0 Å². The number of alkyl halides is 1. The molecule has 0 radical (unpaired) electrons. The van der Waals surface area contributed by atoms with E-state index < -0.39 is 24.5 Å². The van der Waals surface area contributed by atoms with Gasteiger partial charge in [0.2, 0.25) is 0 Å². The standard InChI is InChI=1S/C26H29F2N5O4/c1-32-5-7-33(8-6-32)20-4-3-15(9-17(20)27)31-26-16-10-21(34-2)22(11-19(16)29-14-30-26)37-23-13-36-24-18(28)12-35-25(23)24/h3-4,9-11,14,18,23-25H,5-8,12-13H2,1-2H3,(H,29,30,31)/t18-,23-,24+,25+/m0/s1. The number of methoxy groups -OCH3 is 1. The van der Waals surface area contributed by atoms with Gasteiger partial charge < -0.3 is 34.1 Å². The Morgan fingerprint density at radius 3 is 2.59 bits per heavy atom. The summed E-state index contributed by atoms with van der Waals surface area (Å²) in [6.45, 7) is 3.61. The van der Waals surface area contributed by atoms with E-state index in [9.17, 15) is 4.39 Å². The lowest BCUT2D eigenvalue weighted by atomic mass is 10.1. The van der Waals surface area contributed by atoms with E-state index in [1.807, 2.05) is 6.07 Å². The van der Waals surface area contributed by atoms with E-state index in [-0.39, 0.29) is 19.0 Å². The Balaban J connectivity index is 1.24. The van der Waals surface area contributed by atoms with Crippen LogP contribution >= 0.6 is 0 Å². The van der Waals surface area contributed by atoms with Crippen LogP contribution in [0.25, 0.3) is 10.9 Å². The molecule has 196 valence electrons. The van der Waals surface area contributed by atoms with Gasteiger partial charge in [0.1, 0.15) is 30.2 Å². The smallest absolute Gasteiger partial charge is 0.164 e. The second kappa shape index (κ2) is 9.88. The van der Waals surface area contributed by atoms with Crippen molar-refractivity contribution in [3.63, 3.8) is 0 Å². The molecule has 0 aliphatic carbocycles. The van der Waals surface area contributed by atoms with Crippen LogP contribution in [-0.2, 0) is 9.47 Å². The summed E-state index contributed by atoms with van der Waals surface area (Å²) in [6.07, 6.45) is -1.27. The van der Waals surface area contributed by atoms with E-state index in [0.29, 0.717) is 39.6 Å². The highest BCUT2D eigenvalue weighted by molar-refractivity contribution is 5.93. The zero-order chi connectivity index (χ0) is 25.5. The summed E-state index contributed by atoms with van der Waals surface area (Å²) in [4.78, 5) is 13.0. The van der Waals surface area contributed by atoms with Crippen molar-refractivity contribution in [1.82, 2.24) is 14.9 Å². The van der Waals surface area contributed by atoms with Crippen molar-refractivity contribution in [2.75, 3.05) is 63.8 Å². The SMILES string of the molecule is COc1cc2c(Nc3ccc(N4CCN(C)CC4)c(F)c3)ncnc2cc1O[C@H]1CO[C@H]2[C@@H]1OC[C@@H]2F. The minimum Gasteiger partial charge on any atom is -0.493 e. The van der Waals surface area contributed by atoms with Gasteiger partial charge in [-0.3, -0.25) is 0 Å². The monoisotopic (exact) mass is 513 g/mol. The predicted octanol–water partition coefficient (Wildman–Crippen LogP) is 3.16. The first-order valence-corrected chi connectivity index (χ1v) is 12.4. The Bertz CT molecular complexity index is 1290. The fourth-order valence-electron chi connectivity index (χ4n) is 5.12. The first-order valence-electron chi connectivity index (χ1n) is 12.4. The second-order valence-corrected chi connectivity index (χ2v) is 9.59. The molecule has 11 heteroatoms. The van der Waals surface area contributed by atoms with Crippen LogP contribution in [0, 0.1) is 5.82 Å². The fraction of sp³-hybridized carbons (Fsp3) is 0.462. The molecule has 0 saturated carbocycles. The second-order valence-electron chi connectivity index (χ2n) is 9.59. The Morgan fingerprint density at radius 1 is 1.00 bits per heavy atom. The van der Waals surface area contributed by atoms with Gasteiger partial charge in [0.25, 0.3) is 0 Å². The van der Waals surface area contributed by atoms with E-state index in [2.05, 4.69) is 32.1 Å². The van der Waals surface area contributed by atoms with Crippen LogP contribution in [0.15, 0.2) is 36.7 Å². The molecule has 0 bridgehead atoms. The zero-order valence-electron chi connectivity index (χ0n) is 20.7. The highest BCUT2D eigenvalue weighted by Gasteiger charge is 2.49. The van der Waals surface area contributed by atoms with Gasteiger partial charge in [-0.05, 0) is 31.3 Å². The average molecular weight is 514 g/mol. The molecule has 4 atom stereocenters. The van der Waals surface area contributed by atoms with Gasteiger partial charge in [0.05, 0.1) is 31.5 Å². The molecule has 3 fully saturated rings. The number of anilines is 3. The van der Waals surface area contributed by atoms with Crippen LogP contribution in [0.4, 0.5) is 26.0 Å². The Morgan fingerprint density at radius 2 is 1.81 bits per heavy atom. The number of rotatable bonds is 6. The highest BCUT2D eigenvalue weighted by Crippen LogP contribution is 2.38. The molecule has 1 N–H and O–H groups in total. The molecule has 0 spiro atoms. The number of hydrogen-bond donors (Lipinski definition) is 1. The fourth-order valence-corrected chi connectivity index (χ4v) is 5.12. The summed E-state index contributed by atoms with van der Waals surface area (Å²) in [5.41, 5.74) is 1.77. The zero-order valence-corrected chi connectivity index (χ0v) is 20.7. The van der Waals surface area contributed by atoms with E-state index in [1.165, 1.54) is 19.5 Å². The number of hydrogen-bond acceptors (Lipinski definition) is 9. The van der Waals surface area contributed by atoms with Crippen LogP contribution in [0.3, 0.4) is 0 Å². The number of nitrogens with one attached hydrogen (secondary N) is 1. The van der Waals surface area contributed by atoms with Crippen molar-refractivity contribution in [2.45, 2.75) is 24.5 Å². The largest absolute Gasteiger partial charge is 0.493 e. The number of halogens is 2. The highest BCUT2D eigenvalue weighted by atomic mass is 19.1. The molecule has 0 amide bonds. The maximum Gasteiger partial charge on any atom is 0.164 e. The molecule has 0 unspecified atom stereocenters. The first-order chi connectivity index (χ1) is 18.0. The Kier molecular flexibility index (Phi) is 6.43. The third kappa shape index (κ3) is 4.62. The molecule has 3 aromatic rings. The van der Waals surface area contributed by atoms with Crippen LogP contribution < -0.4 is 19.7 Å². The van der Waals surface area contributed by atoms with Crippen molar-refractivity contribution in [2.24, 2.45) is 0 Å². The van der Waals surface area contributed by atoms with Crippen LogP contribution in [-0.4, -0.2) is 92.9 Å². The van der Waals surface area contributed by atoms with Gasteiger partial charge in [-0.2, -0.15) is 0 Å². The molecule has 3 aliphatic heterocycles. The van der Waals surface area contributed by atoms with E-state index in [0.717, 1.165) is 26.2 Å². The van der Waals surface area contributed by atoms with Crippen molar-refractivity contribution in [1.29, 1.82) is 0 Å². The maximum atomic E-state index is 15.0. The number of ether oxygens (including phenoxy) is 4. The number of likely N-dealkylation sites (N-methyl/N-ethyl adjacent to an activating group) is 1. The summed E-state index contributed by atoms with van der Waals surface area (Å²) < 4.78 is 51.8. The predicted molar refractivity (Wildman–Crippen MR) is 134 cm³/mol. The number of piperazine rings is 1. The van der Waals surface area contributed by atoms with Crippen molar-refractivity contribution >= 4 is 28.1 Å². The normalized spacial score (nSPS) is 25.9. The summed E-state index contributed by atoms with van der Waals surface area (Å²) in [7, 11) is 3.61. The summed E-state index contributed by atoms with van der Waals surface area (Å²) >= 11 is 0. The van der Waals surface area contributed by atoms with Gasteiger partial charge >= 0.3 is 0 Å². The van der Waals surface area contributed by atoms with Gasteiger partial charge in [-0.25, -0.2) is 18.7 Å². The van der Waals surface area contributed by atoms with E-state index in [1.54, 1.807) is 18.2 Å². The van der Waals surface area contributed by atoms with E-state index in [4.69, 9.17) is 18.9 Å². The van der Waals surface area contributed by atoms with Crippen molar-refractivity contribution in [3.8, 4) is 11.5 Å². The van der Waals surface area contributed by atoms with Gasteiger partial charge in [0, 0.05) is 43.3 Å². The van der Waals surface area contributed by atoms with Crippen LogP contribution in [0.1, 0.15) is 0 Å². The van der Waals surface area contributed by atoms with Crippen LogP contribution in [0.5, 0.6) is 11.5 Å². The number of fused-ring (bicyclic) bond motifs is 2. The molecule has 2 aromatic carbocycles. The molecular formula is C26H29F2N5O4. The molecule has 3 saturated heterocycles. The topological polar surface area (TPSA) is 81.2 Å². The Hall–Kier alpha value is -3.28. The lowest BCUT2D eigenvalue weighted by Crippen LogP contribution is -2.44. The number of nitrogens with zero attached hydrogens (tertiary/aromatic N) is 4. The quantitative estimate of drug-likeness (QED) is 0.535. The summed E-state index contributed by atoms with van der Waals surface area (Å²) in [5, 5.41) is 3.89. The molecule has 9 nitrogen and oxygen atoms in total. The lowest BCUT2D eigenvalue weighted by molar-refractivity contribution is 0.0271. The molecule has 37 heavy (non-hydrogen) atoms. The minimum atomic E-state index is -1.15. The molecule has 4 heterocycles. The van der Waals surface area contributed by atoms with E-state index >= 15 is 4.39 Å². The van der Waals surface area contributed by atoms with Crippen molar-refractivity contribution < 1.29 is 27.7 Å². The molecular weight excluding hydrogens is 484 g/mol. The number of aromatic nitrogens is 2. The summed E-state index contributed by atoms with van der Waals surface area (Å²) in [5.74, 6) is 1.12. The van der Waals surface area contributed by atoms with Gasteiger partial charge in [-0.15, -0.1) is 0 Å². The third-order valence-corrected chi connectivity index (χ3v) is 7.20. The van der Waals surface area contributed by atoms with Crippen molar-refractivity contribution in [3.05, 3.63) is 42.5 Å². The van der Waals surface area contributed by atoms with Crippen LogP contribution in [0.2, 0.25) is 0 Å². The molecule has 3 aliphatic rings. The minimum absolute atomic E-state index is 0.00323. The molecule has 1 aromatic heterocycles. The molecule has 6 rings (SSSR count). The summed E-state index contributed by atoms with van der Waals surface area (Å²) in [6, 6.07) is 8.63. The Labute approximate surface area is 213 Å². The average Bonchev–Trinajstić information content (AvgIpc) is 3.47. The lowest BCUT2D eigenvalue weighted by Gasteiger charge is -2.34. The number of benzene rings is 2.